The second-order valence-corrected chi connectivity index (χ2v) is 8.70. The molecular formula is C26H34N4O. The summed E-state index contributed by atoms with van der Waals surface area (Å²) in [5.41, 5.74) is 3.67. The highest BCUT2D eigenvalue weighted by Crippen LogP contribution is 2.21. The molecule has 5 nitrogen and oxygen atoms in total. The second kappa shape index (κ2) is 10.6. The van der Waals surface area contributed by atoms with Crippen LogP contribution in [0.3, 0.4) is 0 Å². The van der Waals surface area contributed by atoms with Gasteiger partial charge in [-0.2, -0.15) is 5.10 Å². The smallest absolute Gasteiger partial charge is 0.122 e. The third kappa shape index (κ3) is 5.96. The van der Waals surface area contributed by atoms with Crippen LogP contribution < -0.4 is 4.74 Å². The Kier molecular flexibility index (Phi) is 7.39. The quantitative estimate of drug-likeness (QED) is 0.520. The summed E-state index contributed by atoms with van der Waals surface area (Å²) in [6.45, 7) is 5.55. The van der Waals surface area contributed by atoms with Gasteiger partial charge in [-0.1, -0.05) is 36.4 Å². The maximum absolute atomic E-state index is 5.51. The maximum Gasteiger partial charge on any atom is 0.122 e. The van der Waals surface area contributed by atoms with Gasteiger partial charge >= 0.3 is 0 Å². The Morgan fingerprint density at radius 1 is 1.10 bits per heavy atom. The molecule has 1 aromatic heterocycles. The Hall–Kier alpha value is -2.63. The third-order valence-electron chi connectivity index (χ3n) is 6.17. The van der Waals surface area contributed by atoms with Gasteiger partial charge in [0.15, 0.2) is 0 Å². The number of ether oxygens (including phenoxy) is 1. The highest BCUT2D eigenvalue weighted by molar-refractivity contribution is 5.33. The molecule has 0 N–H and O–H groups in total. The third-order valence-corrected chi connectivity index (χ3v) is 6.17. The zero-order chi connectivity index (χ0) is 21.5. The van der Waals surface area contributed by atoms with E-state index < -0.39 is 0 Å². The number of nitrogens with zero attached hydrogens (tertiary/aromatic N) is 4. The van der Waals surface area contributed by atoms with E-state index in [0.717, 1.165) is 43.4 Å². The average molecular weight is 419 g/mol. The number of hydrogen-bond donors (Lipinski definition) is 0. The van der Waals surface area contributed by atoms with Crippen LogP contribution in [0.25, 0.3) is 5.69 Å². The molecular weight excluding hydrogens is 384 g/mol. The van der Waals surface area contributed by atoms with E-state index in [1.165, 1.54) is 37.1 Å². The summed E-state index contributed by atoms with van der Waals surface area (Å²) in [4.78, 5) is 5.07. The van der Waals surface area contributed by atoms with Gasteiger partial charge < -0.3 is 14.5 Å². The Balaban J connectivity index is 1.26. The molecule has 2 aromatic carbocycles. The molecule has 0 amide bonds. The van der Waals surface area contributed by atoms with Gasteiger partial charge in [0.2, 0.25) is 0 Å². The van der Waals surface area contributed by atoms with Crippen molar-refractivity contribution in [2.24, 2.45) is 5.92 Å². The van der Waals surface area contributed by atoms with Crippen molar-refractivity contribution >= 4 is 0 Å². The van der Waals surface area contributed by atoms with E-state index in [2.05, 4.69) is 58.5 Å². The maximum atomic E-state index is 5.51. The van der Waals surface area contributed by atoms with E-state index in [1.54, 1.807) is 7.11 Å². The molecule has 31 heavy (non-hydrogen) atoms. The fraction of sp³-hybridized carbons (Fsp3) is 0.423. The SMILES string of the molecule is COc1ccccc1CCN1CCC[C@@H](CN(C)Cc2cnn(-c3ccccc3)c2)C1. The van der Waals surface area contributed by atoms with Crippen molar-refractivity contribution in [1.82, 2.24) is 19.6 Å². The predicted octanol–water partition coefficient (Wildman–Crippen LogP) is 4.27. The number of likely N-dealkylation sites (tertiary alicyclic amines) is 1. The minimum absolute atomic E-state index is 0.723. The van der Waals surface area contributed by atoms with Crippen LogP contribution in [0.1, 0.15) is 24.0 Å². The molecule has 2 heterocycles. The van der Waals surface area contributed by atoms with Crippen LogP contribution in [0.4, 0.5) is 0 Å². The zero-order valence-corrected chi connectivity index (χ0v) is 18.8. The molecule has 1 aliphatic heterocycles. The van der Waals surface area contributed by atoms with Crippen molar-refractivity contribution in [3.05, 3.63) is 78.1 Å². The summed E-state index contributed by atoms with van der Waals surface area (Å²) < 4.78 is 7.48. The van der Waals surface area contributed by atoms with Crippen LogP contribution in [0.5, 0.6) is 5.75 Å². The van der Waals surface area contributed by atoms with Gasteiger partial charge in [-0.3, -0.25) is 0 Å². The lowest BCUT2D eigenvalue weighted by molar-refractivity contribution is 0.142. The number of benzene rings is 2. The molecule has 0 radical (unpaired) electrons. The molecule has 5 heteroatoms. The molecule has 0 spiro atoms. The van der Waals surface area contributed by atoms with Crippen LogP contribution in [0.15, 0.2) is 67.0 Å². The normalized spacial score (nSPS) is 17.2. The molecule has 0 bridgehead atoms. The van der Waals surface area contributed by atoms with Crippen LogP contribution >= 0.6 is 0 Å². The van der Waals surface area contributed by atoms with Crippen molar-refractivity contribution < 1.29 is 4.74 Å². The average Bonchev–Trinajstić information content (AvgIpc) is 3.27. The van der Waals surface area contributed by atoms with Gasteiger partial charge in [0.25, 0.3) is 0 Å². The van der Waals surface area contributed by atoms with Crippen molar-refractivity contribution in [3.8, 4) is 11.4 Å². The van der Waals surface area contributed by atoms with Crippen LogP contribution in [-0.2, 0) is 13.0 Å². The molecule has 1 atom stereocenters. The topological polar surface area (TPSA) is 33.5 Å². The monoisotopic (exact) mass is 418 g/mol. The summed E-state index contributed by atoms with van der Waals surface area (Å²) >= 11 is 0. The van der Waals surface area contributed by atoms with Gasteiger partial charge in [0, 0.05) is 37.9 Å². The van der Waals surface area contributed by atoms with Crippen molar-refractivity contribution in [2.45, 2.75) is 25.8 Å². The van der Waals surface area contributed by atoms with Gasteiger partial charge in [0.1, 0.15) is 5.75 Å². The Morgan fingerprint density at radius 2 is 1.90 bits per heavy atom. The Labute approximate surface area is 186 Å². The van der Waals surface area contributed by atoms with Gasteiger partial charge in [-0.25, -0.2) is 4.68 Å². The van der Waals surface area contributed by atoms with E-state index in [1.807, 2.05) is 35.1 Å². The first-order chi connectivity index (χ1) is 15.2. The highest BCUT2D eigenvalue weighted by atomic mass is 16.5. The number of methoxy groups -OCH3 is 1. The molecule has 1 aliphatic rings. The van der Waals surface area contributed by atoms with Crippen molar-refractivity contribution in [3.63, 3.8) is 0 Å². The second-order valence-electron chi connectivity index (χ2n) is 8.70. The van der Waals surface area contributed by atoms with Crippen LogP contribution in [-0.4, -0.2) is 59.9 Å². The standard InChI is InChI=1S/C26H34N4O/c1-28(19-23-17-27-30(21-23)25-11-4-3-5-12-25)18-22-9-8-15-29(20-22)16-14-24-10-6-7-13-26(24)31-2/h3-7,10-13,17,21-22H,8-9,14-16,18-20H2,1-2H3/t22-/m0/s1. The first-order valence-electron chi connectivity index (χ1n) is 11.3. The molecule has 4 rings (SSSR count). The number of para-hydroxylation sites is 2. The van der Waals surface area contributed by atoms with Gasteiger partial charge in [0.05, 0.1) is 19.0 Å². The summed E-state index contributed by atoms with van der Waals surface area (Å²) in [5.74, 6) is 1.73. The summed E-state index contributed by atoms with van der Waals surface area (Å²) in [5, 5.41) is 4.54. The zero-order valence-electron chi connectivity index (χ0n) is 18.8. The van der Waals surface area contributed by atoms with Crippen molar-refractivity contribution in [1.29, 1.82) is 0 Å². The molecule has 0 saturated carbocycles. The minimum Gasteiger partial charge on any atom is -0.496 e. The first-order valence-corrected chi connectivity index (χ1v) is 11.3. The first kappa shape index (κ1) is 21.6. The number of piperidine rings is 1. The Morgan fingerprint density at radius 3 is 2.74 bits per heavy atom. The number of aromatic nitrogens is 2. The fourth-order valence-electron chi connectivity index (χ4n) is 4.67. The molecule has 1 saturated heterocycles. The van der Waals surface area contributed by atoms with Gasteiger partial charge in [-0.05, 0) is 62.5 Å². The van der Waals surface area contributed by atoms with E-state index in [-0.39, 0.29) is 0 Å². The summed E-state index contributed by atoms with van der Waals surface area (Å²) in [7, 11) is 3.99. The lowest BCUT2D eigenvalue weighted by Crippen LogP contribution is -2.40. The predicted molar refractivity (Wildman–Crippen MR) is 126 cm³/mol. The number of rotatable bonds is 9. The Bertz CT molecular complexity index is 939. The van der Waals surface area contributed by atoms with Crippen LogP contribution in [0.2, 0.25) is 0 Å². The lowest BCUT2D eigenvalue weighted by atomic mass is 9.97. The molecule has 0 unspecified atom stereocenters. The van der Waals surface area contributed by atoms with E-state index in [0.29, 0.717) is 0 Å². The molecule has 3 aromatic rings. The number of hydrogen-bond acceptors (Lipinski definition) is 4. The lowest BCUT2D eigenvalue weighted by Gasteiger charge is -2.34. The van der Waals surface area contributed by atoms with E-state index >= 15 is 0 Å². The summed E-state index contributed by atoms with van der Waals surface area (Å²) in [6, 6.07) is 18.7. The van der Waals surface area contributed by atoms with Crippen molar-refractivity contribution in [2.75, 3.05) is 40.3 Å². The largest absolute Gasteiger partial charge is 0.496 e. The van der Waals surface area contributed by atoms with Gasteiger partial charge in [-0.15, -0.1) is 0 Å². The summed E-state index contributed by atoms with van der Waals surface area (Å²) in [6.07, 6.45) is 7.79. The highest BCUT2D eigenvalue weighted by Gasteiger charge is 2.21. The van der Waals surface area contributed by atoms with E-state index in [4.69, 9.17) is 4.74 Å². The van der Waals surface area contributed by atoms with Crippen LogP contribution in [0, 0.1) is 5.92 Å². The van der Waals surface area contributed by atoms with E-state index in [9.17, 15) is 0 Å². The molecule has 0 aliphatic carbocycles. The minimum atomic E-state index is 0.723. The fourth-order valence-corrected chi connectivity index (χ4v) is 4.67. The molecule has 164 valence electrons. The molecule has 1 fully saturated rings.